The van der Waals surface area contributed by atoms with Crippen molar-refractivity contribution in [3.8, 4) is 11.4 Å². The highest BCUT2D eigenvalue weighted by Crippen LogP contribution is 2.26. The number of aromatic nitrogens is 1. The van der Waals surface area contributed by atoms with Crippen molar-refractivity contribution in [2.45, 2.75) is 32.7 Å². The second kappa shape index (κ2) is 6.63. The summed E-state index contributed by atoms with van der Waals surface area (Å²) in [6.45, 7) is 4.31. The zero-order valence-corrected chi connectivity index (χ0v) is 14.7. The largest absolute Gasteiger partial charge is 0.497 e. The maximum atomic E-state index is 12.9. The number of aryl methyl sites for hydroxylation is 1. The number of methoxy groups -OCH3 is 1. The van der Waals surface area contributed by atoms with Gasteiger partial charge in [0, 0.05) is 23.6 Å². The molecule has 1 aromatic carbocycles. The summed E-state index contributed by atoms with van der Waals surface area (Å²) in [7, 11) is 1.62. The highest BCUT2D eigenvalue weighted by Gasteiger charge is 2.35. The van der Waals surface area contributed by atoms with Gasteiger partial charge >= 0.3 is 5.97 Å². The molecule has 0 aliphatic carbocycles. The van der Waals surface area contributed by atoms with Crippen LogP contribution < -0.4 is 4.74 Å². The molecule has 0 unspecified atom stereocenters. The zero-order chi connectivity index (χ0) is 18.1. The molecule has 2 aromatic rings. The molecule has 6 heteroatoms. The number of aliphatic carboxylic acids is 1. The zero-order valence-electron chi connectivity index (χ0n) is 14.7. The van der Waals surface area contributed by atoms with E-state index in [9.17, 15) is 14.7 Å². The van der Waals surface area contributed by atoms with Crippen LogP contribution in [0.15, 0.2) is 30.3 Å². The highest BCUT2D eigenvalue weighted by atomic mass is 16.5. The Labute approximate surface area is 146 Å². The van der Waals surface area contributed by atoms with Crippen LogP contribution in [0, 0.1) is 13.8 Å². The standard InChI is InChI=1S/C19H22N2O4/c1-12-11-16(18(22)20-10-4-5-17(20)19(23)24)13(2)21(12)14-6-8-15(25-3)9-7-14/h6-9,11,17H,4-5,10H2,1-3H3,(H,23,24)/t17-/m1/s1. The molecular formula is C19H22N2O4. The van der Waals surface area contributed by atoms with Crippen molar-refractivity contribution in [2.24, 2.45) is 0 Å². The molecule has 1 N–H and O–H groups in total. The number of amides is 1. The fraction of sp³-hybridized carbons (Fsp3) is 0.368. The van der Waals surface area contributed by atoms with E-state index in [0.29, 0.717) is 18.5 Å². The first kappa shape index (κ1) is 17.1. The number of ether oxygens (including phenoxy) is 1. The predicted octanol–water partition coefficient (Wildman–Crippen LogP) is 2.79. The number of carboxylic acids is 1. The van der Waals surface area contributed by atoms with Crippen LogP contribution in [0.5, 0.6) is 5.75 Å². The number of hydrogen-bond acceptors (Lipinski definition) is 3. The molecule has 0 radical (unpaired) electrons. The summed E-state index contributed by atoms with van der Waals surface area (Å²) in [6, 6.07) is 8.72. The van der Waals surface area contributed by atoms with Gasteiger partial charge in [-0.2, -0.15) is 0 Å². The number of benzene rings is 1. The predicted molar refractivity (Wildman–Crippen MR) is 93.5 cm³/mol. The SMILES string of the molecule is COc1ccc(-n2c(C)cc(C(=O)N3CCC[C@@H]3C(=O)O)c2C)cc1. The first-order valence-electron chi connectivity index (χ1n) is 8.31. The van der Waals surface area contributed by atoms with Crippen LogP contribution in [0.4, 0.5) is 0 Å². The topological polar surface area (TPSA) is 71.8 Å². The number of carbonyl (C=O) groups excluding carboxylic acids is 1. The van der Waals surface area contributed by atoms with Crippen molar-refractivity contribution < 1.29 is 19.4 Å². The van der Waals surface area contributed by atoms with E-state index in [4.69, 9.17) is 4.74 Å². The summed E-state index contributed by atoms with van der Waals surface area (Å²) in [6.07, 6.45) is 1.23. The van der Waals surface area contributed by atoms with Crippen LogP contribution in [-0.2, 0) is 4.79 Å². The van der Waals surface area contributed by atoms with Crippen LogP contribution in [0.3, 0.4) is 0 Å². The van der Waals surface area contributed by atoms with Gasteiger partial charge in [-0.3, -0.25) is 4.79 Å². The van der Waals surface area contributed by atoms with Crippen molar-refractivity contribution >= 4 is 11.9 Å². The molecule has 25 heavy (non-hydrogen) atoms. The molecule has 132 valence electrons. The summed E-state index contributed by atoms with van der Waals surface area (Å²) in [4.78, 5) is 25.8. The quantitative estimate of drug-likeness (QED) is 0.927. The van der Waals surface area contributed by atoms with Gasteiger partial charge in [0.15, 0.2) is 0 Å². The van der Waals surface area contributed by atoms with Gasteiger partial charge in [-0.1, -0.05) is 0 Å². The number of likely N-dealkylation sites (tertiary alicyclic amines) is 1. The van der Waals surface area contributed by atoms with E-state index in [2.05, 4.69) is 0 Å². The average molecular weight is 342 g/mol. The average Bonchev–Trinajstić information content (AvgIpc) is 3.19. The minimum Gasteiger partial charge on any atom is -0.497 e. The third kappa shape index (κ3) is 2.99. The number of hydrogen-bond donors (Lipinski definition) is 1. The van der Waals surface area contributed by atoms with Crippen LogP contribution in [-0.4, -0.2) is 46.1 Å². The van der Waals surface area contributed by atoms with E-state index < -0.39 is 12.0 Å². The maximum absolute atomic E-state index is 12.9. The molecule has 6 nitrogen and oxygen atoms in total. The normalized spacial score (nSPS) is 16.9. The van der Waals surface area contributed by atoms with E-state index in [-0.39, 0.29) is 5.91 Å². The Kier molecular flexibility index (Phi) is 4.53. The first-order valence-corrected chi connectivity index (χ1v) is 8.31. The molecule has 1 fully saturated rings. The lowest BCUT2D eigenvalue weighted by atomic mass is 10.2. The smallest absolute Gasteiger partial charge is 0.326 e. The molecule has 1 aromatic heterocycles. The summed E-state index contributed by atoms with van der Waals surface area (Å²) in [5.41, 5.74) is 3.23. The summed E-state index contributed by atoms with van der Waals surface area (Å²) in [5.74, 6) is -0.378. The van der Waals surface area contributed by atoms with Crippen molar-refractivity contribution in [3.05, 3.63) is 47.3 Å². The molecular weight excluding hydrogens is 320 g/mol. The van der Waals surface area contributed by atoms with Gasteiger partial charge in [-0.05, 0) is 57.0 Å². The molecule has 2 heterocycles. The highest BCUT2D eigenvalue weighted by molar-refractivity contribution is 5.98. The minimum absolute atomic E-state index is 0.210. The number of rotatable bonds is 4. The molecule has 1 aliphatic heterocycles. The molecule has 1 amide bonds. The number of carboxylic acid groups (broad SMARTS) is 1. The van der Waals surface area contributed by atoms with Crippen LogP contribution >= 0.6 is 0 Å². The summed E-state index contributed by atoms with van der Waals surface area (Å²) < 4.78 is 7.18. The van der Waals surface area contributed by atoms with Gasteiger partial charge in [-0.25, -0.2) is 4.79 Å². The van der Waals surface area contributed by atoms with E-state index >= 15 is 0 Å². The van der Waals surface area contributed by atoms with Crippen molar-refractivity contribution in [1.82, 2.24) is 9.47 Å². The minimum atomic E-state index is -0.935. The lowest BCUT2D eigenvalue weighted by Crippen LogP contribution is -2.40. The van der Waals surface area contributed by atoms with Crippen LogP contribution in [0.2, 0.25) is 0 Å². The van der Waals surface area contributed by atoms with Crippen molar-refractivity contribution in [3.63, 3.8) is 0 Å². The Hall–Kier alpha value is -2.76. The van der Waals surface area contributed by atoms with Crippen LogP contribution in [0.1, 0.15) is 34.6 Å². The molecule has 1 atom stereocenters. The van der Waals surface area contributed by atoms with E-state index in [1.54, 1.807) is 7.11 Å². The Morgan fingerprint density at radius 3 is 2.48 bits per heavy atom. The molecule has 0 saturated carbocycles. The monoisotopic (exact) mass is 342 g/mol. The molecule has 0 bridgehead atoms. The molecule has 1 aliphatic rings. The maximum Gasteiger partial charge on any atom is 0.326 e. The Morgan fingerprint density at radius 1 is 1.20 bits per heavy atom. The fourth-order valence-corrected chi connectivity index (χ4v) is 3.53. The number of carbonyl (C=O) groups is 2. The molecule has 3 rings (SSSR count). The second-order valence-corrected chi connectivity index (χ2v) is 6.31. The summed E-state index contributed by atoms with van der Waals surface area (Å²) >= 11 is 0. The summed E-state index contributed by atoms with van der Waals surface area (Å²) in [5, 5.41) is 9.32. The van der Waals surface area contributed by atoms with Crippen molar-refractivity contribution in [2.75, 3.05) is 13.7 Å². The van der Waals surface area contributed by atoms with Gasteiger partial charge in [0.25, 0.3) is 5.91 Å². The Morgan fingerprint density at radius 2 is 1.88 bits per heavy atom. The Balaban J connectivity index is 1.96. The van der Waals surface area contributed by atoms with Gasteiger partial charge in [0.2, 0.25) is 0 Å². The van der Waals surface area contributed by atoms with Gasteiger partial charge in [0.1, 0.15) is 11.8 Å². The van der Waals surface area contributed by atoms with Crippen LogP contribution in [0.25, 0.3) is 5.69 Å². The lowest BCUT2D eigenvalue weighted by molar-refractivity contribution is -0.141. The van der Waals surface area contributed by atoms with E-state index in [1.165, 1.54) is 4.90 Å². The van der Waals surface area contributed by atoms with Gasteiger partial charge < -0.3 is 19.3 Å². The number of nitrogens with zero attached hydrogens (tertiary/aromatic N) is 2. The molecule has 1 saturated heterocycles. The molecule has 0 spiro atoms. The van der Waals surface area contributed by atoms with Crippen molar-refractivity contribution in [1.29, 1.82) is 0 Å². The Bertz CT molecular complexity index is 808. The van der Waals surface area contributed by atoms with Gasteiger partial charge in [0.05, 0.1) is 12.7 Å². The van der Waals surface area contributed by atoms with Gasteiger partial charge in [-0.15, -0.1) is 0 Å². The lowest BCUT2D eigenvalue weighted by Gasteiger charge is -2.21. The third-order valence-electron chi connectivity index (χ3n) is 4.79. The van der Waals surface area contributed by atoms with E-state index in [1.807, 2.05) is 48.7 Å². The first-order chi connectivity index (χ1) is 11.9. The fourth-order valence-electron chi connectivity index (χ4n) is 3.53. The second-order valence-electron chi connectivity index (χ2n) is 6.31. The van der Waals surface area contributed by atoms with E-state index in [0.717, 1.165) is 29.2 Å². The third-order valence-corrected chi connectivity index (χ3v) is 4.79.